The molecule has 1 saturated carbocycles. The van der Waals surface area contributed by atoms with Gasteiger partial charge in [-0.25, -0.2) is 9.79 Å². The van der Waals surface area contributed by atoms with Crippen molar-refractivity contribution in [1.82, 2.24) is 0 Å². The summed E-state index contributed by atoms with van der Waals surface area (Å²) < 4.78 is 10.7. The Balaban J connectivity index is 1.83. The SMILES string of the molecule is COC(=O)c1cccc(N=C2CCC(c3ccco3)CC2=O)c1Br. The zero-order valence-corrected chi connectivity index (χ0v) is 14.7. The highest BCUT2D eigenvalue weighted by molar-refractivity contribution is 9.10. The summed E-state index contributed by atoms with van der Waals surface area (Å²) in [7, 11) is 1.33. The number of halogens is 1. The Hall–Kier alpha value is -2.21. The molecule has 24 heavy (non-hydrogen) atoms. The number of ketones is 1. The zero-order chi connectivity index (χ0) is 17.1. The van der Waals surface area contributed by atoms with Gasteiger partial charge in [-0.05, 0) is 53.0 Å². The number of esters is 1. The van der Waals surface area contributed by atoms with Crippen molar-refractivity contribution in [3.8, 4) is 0 Å². The number of benzene rings is 1. The zero-order valence-electron chi connectivity index (χ0n) is 13.1. The van der Waals surface area contributed by atoms with Crippen LogP contribution in [0.5, 0.6) is 0 Å². The molecule has 3 rings (SSSR count). The Bertz CT molecular complexity index is 795. The fourth-order valence-electron chi connectivity index (χ4n) is 2.80. The van der Waals surface area contributed by atoms with Crippen LogP contribution in [0.15, 0.2) is 50.5 Å². The molecule has 1 aliphatic rings. The van der Waals surface area contributed by atoms with Crippen LogP contribution in [0.4, 0.5) is 5.69 Å². The van der Waals surface area contributed by atoms with Gasteiger partial charge < -0.3 is 9.15 Å². The number of carbonyl (C=O) groups is 2. The van der Waals surface area contributed by atoms with Gasteiger partial charge in [-0.15, -0.1) is 0 Å². The first-order valence-corrected chi connectivity index (χ1v) is 8.40. The van der Waals surface area contributed by atoms with E-state index < -0.39 is 5.97 Å². The Morgan fingerprint density at radius 2 is 2.17 bits per heavy atom. The van der Waals surface area contributed by atoms with Crippen LogP contribution >= 0.6 is 15.9 Å². The average Bonchev–Trinajstić information content (AvgIpc) is 3.12. The van der Waals surface area contributed by atoms with Crippen molar-refractivity contribution < 1.29 is 18.7 Å². The van der Waals surface area contributed by atoms with Crippen molar-refractivity contribution in [3.05, 3.63) is 52.4 Å². The Morgan fingerprint density at radius 3 is 2.83 bits per heavy atom. The van der Waals surface area contributed by atoms with Crippen molar-refractivity contribution >= 4 is 39.1 Å². The smallest absolute Gasteiger partial charge is 0.339 e. The first-order valence-electron chi connectivity index (χ1n) is 7.61. The summed E-state index contributed by atoms with van der Waals surface area (Å²) in [5.41, 5.74) is 1.47. The van der Waals surface area contributed by atoms with Crippen LogP contribution in [-0.4, -0.2) is 24.6 Å². The minimum Gasteiger partial charge on any atom is -0.469 e. The van der Waals surface area contributed by atoms with E-state index in [9.17, 15) is 9.59 Å². The van der Waals surface area contributed by atoms with Crippen molar-refractivity contribution in [2.75, 3.05) is 7.11 Å². The van der Waals surface area contributed by atoms with Crippen molar-refractivity contribution in [2.24, 2.45) is 4.99 Å². The summed E-state index contributed by atoms with van der Waals surface area (Å²) in [6, 6.07) is 8.86. The van der Waals surface area contributed by atoms with E-state index in [0.717, 1.165) is 12.2 Å². The summed E-state index contributed by atoms with van der Waals surface area (Å²) in [4.78, 5) is 28.6. The third kappa shape index (κ3) is 3.33. The normalized spacial score (nSPS) is 19.5. The standard InChI is InChI=1S/C18H16BrNO4/c1-23-18(22)12-4-2-5-14(17(12)19)20-13-8-7-11(10-15(13)21)16-6-3-9-24-16/h2-6,9,11H,7-8,10H2,1H3. The average molecular weight is 390 g/mol. The second kappa shape index (κ2) is 7.13. The lowest BCUT2D eigenvalue weighted by atomic mass is 9.85. The summed E-state index contributed by atoms with van der Waals surface area (Å²) >= 11 is 3.38. The van der Waals surface area contributed by atoms with Gasteiger partial charge in [0.2, 0.25) is 0 Å². The minimum absolute atomic E-state index is 0.0121. The predicted octanol–water partition coefficient (Wildman–Crippen LogP) is 4.44. The third-order valence-electron chi connectivity index (χ3n) is 4.07. The van der Waals surface area contributed by atoms with Gasteiger partial charge in [-0.3, -0.25) is 4.79 Å². The van der Waals surface area contributed by atoms with E-state index in [1.807, 2.05) is 12.1 Å². The van der Waals surface area contributed by atoms with E-state index in [2.05, 4.69) is 20.9 Å². The lowest BCUT2D eigenvalue weighted by Gasteiger charge is -2.20. The number of aliphatic imine (C=N–C) groups is 1. The molecule has 1 heterocycles. The maximum absolute atomic E-state index is 12.4. The fourth-order valence-corrected chi connectivity index (χ4v) is 3.31. The molecule has 0 amide bonds. The molecular formula is C18H16BrNO4. The first kappa shape index (κ1) is 16.6. The van der Waals surface area contributed by atoms with Crippen molar-refractivity contribution in [3.63, 3.8) is 0 Å². The van der Waals surface area contributed by atoms with E-state index in [-0.39, 0.29) is 11.7 Å². The topological polar surface area (TPSA) is 68.9 Å². The largest absolute Gasteiger partial charge is 0.469 e. The monoisotopic (exact) mass is 389 g/mol. The fraction of sp³-hybridized carbons (Fsp3) is 0.278. The van der Waals surface area contributed by atoms with Crippen LogP contribution in [0.3, 0.4) is 0 Å². The van der Waals surface area contributed by atoms with Crippen LogP contribution in [0, 0.1) is 0 Å². The Kier molecular flexibility index (Phi) is 4.94. The van der Waals surface area contributed by atoms with Gasteiger partial charge in [0.15, 0.2) is 5.78 Å². The molecule has 1 aliphatic carbocycles. The van der Waals surface area contributed by atoms with E-state index in [4.69, 9.17) is 9.15 Å². The summed E-state index contributed by atoms with van der Waals surface area (Å²) in [5.74, 6) is 0.516. The number of rotatable bonds is 3. The molecule has 1 aromatic carbocycles. The lowest BCUT2D eigenvalue weighted by Crippen LogP contribution is -2.23. The maximum atomic E-state index is 12.4. The molecular weight excluding hydrogens is 374 g/mol. The Labute approximate surface area is 147 Å². The van der Waals surface area contributed by atoms with Crippen LogP contribution in [0.1, 0.15) is 41.3 Å². The highest BCUT2D eigenvalue weighted by Gasteiger charge is 2.28. The molecule has 0 saturated heterocycles. The molecule has 6 heteroatoms. The van der Waals surface area contributed by atoms with Crippen LogP contribution in [0.2, 0.25) is 0 Å². The molecule has 0 aliphatic heterocycles. The minimum atomic E-state index is -0.447. The van der Waals surface area contributed by atoms with E-state index in [1.54, 1.807) is 24.5 Å². The summed E-state index contributed by atoms with van der Waals surface area (Å²) in [6.45, 7) is 0. The lowest BCUT2D eigenvalue weighted by molar-refractivity contribution is -0.114. The van der Waals surface area contributed by atoms with Crippen molar-refractivity contribution in [1.29, 1.82) is 0 Å². The van der Waals surface area contributed by atoms with Crippen molar-refractivity contribution in [2.45, 2.75) is 25.2 Å². The number of nitrogens with zero attached hydrogens (tertiary/aromatic N) is 1. The molecule has 2 aromatic rings. The second-order valence-corrected chi connectivity index (χ2v) is 6.36. The number of hydrogen-bond acceptors (Lipinski definition) is 5. The summed E-state index contributed by atoms with van der Waals surface area (Å²) in [6.07, 6.45) is 3.41. The molecule has 124 valence electrons. The number of ether oxygens (including phenoxy) is 1. The third-order valence-corrected chi connectivity index (χ3v) is 4.90. The van der Waals surface area contributed by atoms with Gasteiger partial charge in [-0.2, -0.15) is 0 Å². The van der Waals surface area contributed by atoms with Gasteiger partial charge in [0.25, 0.3) is 0 Å². The van der Waals surface area contributed by atoms with Crippen LogP contribution in [0.25, 0.3) is 0 Å². The van der Waals surface area contributed by atoms with E-state index in [0.29, 0.717) is 34.3 Å². The molecule has 0 bridgehead atoms. The number of methoxy groups -OCH3 is 1. The number of hydrogen-bond donors (Lipinski definition) is 0. The predicted molar refractivity (Wildman–Crippen MR) is 92.9 cm³/mol. The molecule has 1 atom stereocenters. The van der Waals surface area contributed by atoms with E-state index in [1.165, 1.54) is 7.11 Å². The highest BCUT2D eigenvalue weighted by atomic mass is 79.9. The highest BCUT2D eigenvalue weighted by Crippen LogP contribution is 2.34. The van der Waals surface area contributed by atoms with Gasteiger partial charge >= 0.3 is 5.97 Å². The molecule has 1 aromatic heterocycles. The second-order valence-electron chi connectivity index (χ2n) is 5.57. The van der Waals surface area contributed by atoms with Gasteiger partial charge in [0, 0.05) is 12.3 Å². The molecule has 0 radical (unpaired) electrons. The van der Waals surface area contributed by atoms with Gasteiger partial charge in [-0.1, -0.05) is 6.07 Å². The molecule has 5 nitrogen and oxygen atoms in total. The quantitative estimate of drug-likeness (QED) is 0.727. The van der Waals surface area contributed by atoms with Crippen LogP contribution in [-0.2, 0) is 9.53 Å². The van der Waals surface area contributed by atoms with Crippen LogP contribution < -0.4 is 0 Å². The first-order chi connectivity index (χ1) is 11.6. The molecule has 1 fully saturated rings. The summed E-state index contributed by atoms with van der Waals surface area (Å²) in [5, 5.41) is 0. The number of carbonyl (C=O) groups excluding carboxylic acids is 2. The van der Waals surface area contributed by atoms with Gasteiger partial charge in [0.1, 0.15) is 5.76 Å². The number of furan rings is 1. The molecule has 0 N–H and O–H groups in total. The molecule has 0 spiro atoms. The number of Topliss-reactive ketones (excluding diaryl/α,β-unsaturated/α-hetero) is 1. The van der Waals surface area contributed by atoms with E-state index >= 15 is 0 Å². The Morgan fingerprint density at radius 1 is 1.33 bits per heavy atom. The maximum Gasteiger partial charge on any atom is 0.339 e. The van der Waals surface area contributed by atoms with Gasteiger partial charge in [0.05, 0.1) is 34.8 Å². The molecule has 1 unspecified atom stereocenters.